The van der Waals surface area contributed by atoms with Crippen LogP contribution in [0.15, 0.2) is 80.5 Å². The van der Waals surface area contributed by atoms with Crippen LogP contribution in [0.2, 0.25) is 0 Å². The molecule has 4 aromatic rings. The largest absolute Gasteiger partial charge is 0.383 e. The third kappa shape index (κ3) is 5.71. The first-order valence-electron chi connectivity index (χ1n) is 8.94. The Bertz CT molecular complexity index is 1190. The maximum Gasteiger partial charge on any atom is 0.187 e. The average molecular weight is 487 g/mol. The standard InChI is InChI=1S/C21H18N6S3.ClH/c1-28-20-16(11-18(30-20)19(22)23)17-12-29-21(25-17)24-13-7-9-15(10-8-13)27-26-14-5-3-2-4-6-14;/h2-12H,1H3,(H3,22,23)(H,24,25);1H. The number of nitrogens with two attached hydrogens (primary N) is 1. The van der Waals surface area contributed by atoms with E-state index >= 15 is 0 Å². The molecule has 0 spiro atoms. The van der Waals surface area contributed by atoms with Crippen LogP contribution in [0.5, 0.6) is 0 Å². The Kier molecular flexibility index (Phi) is 7.80. The van der Waals surface area contributed by atoms with Gasteiger partial charge < -0.3 is 11.1 Å². The molecule has 4 rings (SSSR count). The van der Waals surface area contributed by atoms with E-state index in [2.05, 4.69) is 15.5 Å². The van der Waals surface area contributed by atoms with Gasteiger partial charge in [-0.2, -0.15) is 10.2 Å². The minimum Gasteiger partial charge on any atom is -0.383 e. The van der Waals surface area contributed by atoms with Crippen molar-refractivity contribution in [3.05, 3.63) is 70.9 Å². The number of rotatable bonds is 7. The number of thiazole rings is 1. The SMILES string of the molecule is CSc1sc(C(=N)N)cc1-c1csc(Nc2ccc(N=Nc3ccccc3)cc2)n1.Cl. The maximum atomic E-state index is 7.67. The van der Waals surface area contributed by atoms with Crippen LogP contribution in [0, 0.1) is 5.41 Å². The van der Waals surface area contributed by atoms with Gasteiger partial charge in [-0.25, -0.2) is 4.98 Å². The first-order chi connectivity index (χ1) is 14.6. The number of nitrogens with one attached hydrogen (secondary N) is 2. The van der Waals surface area contributed by atoms with Crippen molar-refractivity contribution in [2.45, 2.75) is 4.21 Å². The molecule has 0 saturated carbocycles. The van der Waals surface area contributed by atoms with Gasteiger partial charge in [0.2, 0.25) is 0 Å². The number of halogens is 1. The van der Waals surface area contributed by atoms with Crippen molar-refractivity contribution in [2.24, 2.45) is 16.0 Å². The third-order valence-electron chi connectivity index (χ3n) is 4.08. The van der Waals surface area contributed by atoms with E-state index in [1.165, 1.54) is 22.7 Å². The number of azo groups is 1. The molecule has 2 aromatic heterocycles. The van der Waals surface area contributed by atoms with Gasteiger partial charge in [-0.3, -0.25) is 5.41 Å². The zero-order valence-electron chi connectivity index (χ0n) is 16.4. The van der Waals surface area contributed by atoms with E-state index in [4.69, 9.17) is 16.1 Å². The molecule has 10 heteroatoms. The fourth-order valence-corrected chi connectivity index (χ4v) is 5.11. The van der Waals surface area contributed by atoms with E-state index in [1.54, 1.807) is 11.8 Å². The quantitative estimate of drug-likeness (QED) is 0.109. The topological polar surface area (TPSA) is 99.5 Å². The number of anilines is 2. The molecule has 0 fully saturated rings. The van der Waals surface area contributed by atoms with E-state index in [9.17, 15) is 0 Å². The van der Waals surface area contributed by atoms with Crippen molar-refractivity contribution in [2.75, 3.05) is 11.6 Å². The van der Waals surface area contributed by atoms with Gasteiger partial charge in [-0.1, -0.05) is 18.2 Å². The third-order valence-corrected chi connectivity index (χ3v) is 7.15. The van der Waals surface area contributed by atoms with Crippen molar-refractivity contribution in [1.82, 2.24) is 4.98 Å². The molecule has 0 atom stereocenters. The molecule has 31 heavy (non-hydrogen) atoms. The molecule has 0 aliphatic rings. The predicted octanol–water partition coefficient (Wildman–Crippen LogP) is 7.46. The first kappa shape index (κ1) is 23.0. The molecule has 0 bridgehead atoms. The molecule has 2 heterocycles. The number of thioether (sulfide) groups is 1. The van der Waals surface area contributed by atoms with Crippen LogP contribution in [0.3, 0.4) is 0 Å². The molecule has 0 aliphatic carbocycles. The molecule has 0 amide bonds. The lowest BCUT2D eigenvalue weighted by atomic mass is 10.2. The Morgan fingerprint density at radius 1 is 1.06 bits per heavy atom. The van der Waals surface area contributed by atoms with Gasteiger partial charge in [0, 0.05) is 16.6 Å². The minimum absolute atomic E-state index is 0. The van der Waals surface area contributed by atoms with Gasteiger partial charge >= 0.3 is 0 Å². The van der Waals surface area contributed by atoms with Crippen molar-refractivity contribution in [3.8, 4) is 11.3 Å². The Labute approximate surface area is 198 Å². The summed E-state index contributed by atoms with van der Waals surface area (Å²) >= 11 is 4.69. The maximum absolute atomic E-state index is 7.67. The molecule has 0 unspecified atom stereocenters. The monoisotopic (exact) mass is 486 g/mol. The summed E-state index contributed by atoms with van der Waals surface area (Å²) < 4.78 is 1.10. The highest BCUT2D eigenvalue weighted by molar-refractivity contribution is 8.00. The van der Waals surface area contributed by atoms with Crippen molar-refractivity contribution >= 4 is 74.9 Å². The summed E-state index contributed by atoms with van der Waals surface area (Å²) in [5.74, 6) is 0.0830. The molecular weight excluding hydrogens is 468 g/mol. The van der Waals surface area contributed by atoms with Crippen molar-refractivity contribution in [3.63, 3.8) is 0 Å². The van der Waals surface area contributed by atoms with Crippen LogP contribution in [0.25, 0.3) is 11.3 Å². The summed E-state index contributed by atoms with van der Waals surface area (Å²) in [5, 5.41) is 22.3. The van der Waals surface area contributed by atoms with Crippen LogP contribution in [0.1, 0.15) is 4.88 Å². The van der Waals surface area contributed by atoms with Crippen LogP contribution in [-0.2, 0) is 0 Å². The number of aromatic nitrogens is 1. The van der Waals surface area contributed by atoms with E-state index in [0.717, 1.165) is 42.5 Å². The second-order valence-electron chi connectivity index (χ2n) is 6.17. The van der Waals surface area contributed by atoms with Crippen molar-refractivity contribution < 1.29 is 0 Å². The van der Waals surface area contributed by atoms with E-state index in [-0.39, 0.29) is 18.2 Å². The molecule has 2 aromatic carbocycles. The Morgan fingerprint density at radius 3 is 2.39 bits per heavy atom. The lowest BCUT2D eigenvalue weighted by Crippen LogP contribution is -2.08. The first-order valence-corrected chi connectivity index (χ1v) is 11.9. The summed E-state index contributed by atoms with van der Waals surface area (Å²) in [6.45, 7) is 0. The van der Waals surface area contributed by atoms with Gasteiger partial charge in [0.15, 0.2) is 5.13 Å². The molecule has 0 aliphatic heterocycles. The number of benzene rings is 2. The molecular formula is C21H19ClN6S3. The number of nitrogens with zero attached hydrogens (tertiary/aromatic N) is 3. The van der Waals surface area contributed by atoms with Crippen LogP contribution < -0.4 is 11.1 Å². The van der Waals surface area contributed by atoms with Gasteiger partial charge in [-0.05, 0) is 48.7 Å². The lowest BCUT2D eigenvalue weighted by Gasteiger charge is -2.02. The summed E-state index contributed by atoms with van der Waals surface area (Å²) in [7, 11) is 0. The fourth-order valence-electron chi connectivity index (χ4n) is 2.64. The van der Waals surface area contributed by atoms with Gasteiger partial charge in [-0.15, -0.1) is 46.8 Å². The predicted molar refractivity (Wildman–Crippen MR) is 136 cm³/mol. The highest BCUT2D eigenvalue weighted by Crippen LogP contribution is 2.39. The Hall–Kier alpha value is -2.72. The highest BCUT2D eigenvalue weighted by atomic mass is 35.5. The van der Waals surface area contributed by atoms with E-state index in [0.29, 0.717) is 0 Å². The van der Waals surface area contributed by atoms with Gasteiger partial charge in [0.1, 0.15) is 5.84 Å². The zero-order chi connectivity index (χ0) is 20.9. The molecule has 6 nitrogen and oxygen atoms in total. The zero-order valence-corrected chi connectivity index (χ0v) is 19.7. The smallest absolute Gasteiger partial charge is 0.187 e. The second-order valence-corrected chi connectivity index (χ2v) is 9.16. The summed E-state index contributed by atoms with van der Waals surface area (Å²) in [6.07, 6.45) is 2.02. The highest BCUT2D eigenvalue weighted by Gasteiger charge is 2.15. The molecule has 0 saturated heterocycles. The number of hydrogen-bond donors (Lipinski definition) is 3. The minimum atomic E-state index is 0. The number of hydrogen-bond acceptors (Lipinski definition) is 8. The number of amidine groups is 1. The second kappa shape index (κ2) is 10.5. The van der Waals surface area contributed by atoms with Crippen LogP contribution >= 0.6 is 46.8 Å². The molecule has 0 radical (unpaired) electrons. The number of nitrogen functional groups attached to an aromatic ring is 1. The lowest BCUT2D eigenvalue weighted by molar-refractivity contribution is 1.23. The van der Waals surface area contributed by atoms with Gasteiger partial charge in [0.25, 0.3) is 0 Å². The summed E-state index contributed by atoms with van der Waals surface area (Å²) in [4.78, 5) is 5.46. The number of thiophene rings is 1. The van der Waals surface area contributed by atoms with Crippen LogP contribution in [-0.4, -0.2) is 17.1 Å². The van der Waals surface area contributed by atoms with Crippen LogP contribution in [0.4, 0.5) is 22.2 Å². The fraction of sp³-hybridized carbons (Fsp3) is 0.0476. The molecule has 158 valence electrons. The van der Waals surface area contributed by atoms with E-state index < -0.39 is 0 Å². The molecule has 4 N–H and O–H groups in total. The Balaban J connectivity index is 0.00000272. The normalized spacial score (nSPS) is 10.7. The van der Waals surface area contributed by atoms with Crippen molar-refractivity contribution in [1.29, 1.82) is 5.41 Å². The van der Waals surface area contributed by atoms with Gasteiger partial charge in [0.05, 0.1) is 26.2 Å². The average Bonchev–Trinajstić information content (AvgIpc) is 3.41. The Morgan fingerprint density at radius 2 is 1.74 bits per heavy atom. The summed E-state index contributed by atoms with van der Waals surface area (Å²) in [5.41, 5.74) is 10.1. The summed E-state index contributed by atoms with van der Waals surface area (Å²) in [6, 6.07) is 19.3. The van der Waals surface area contributed by atoms with E-state index in [1.807, 2.05) is 72.3 Å².